The molecule has 1 amide bonds. The van der Waals surface area contributed by atoms with Gasteiger partial charge in [0, 0.05) is 11.6 Å². The summed E-state index contributed by atoms with van der Waals surface area (Å²) in [5.74, 6) is -0.800. The summed E-state index contributed by atoms with van der Waals surface area (Å²) in [6.45, 7) is 0.301. The van der Waals surface area contributed by atoms with Gasteiger partial charge in [0.25, 0.3) is 5.91 Å². The van der Waals surface area contributed by atoms with Crippen LogP contribution < -0.4 is 5.32 Å². The number of pyridine rings is 1. The molecule has 0 aliphatic rings. The van der Waals surface area contributed by atoms with Crippen molar-refractivity contribution >= 4 is 16.8 Å². The summed E-state index contributed by atoms with van der Waals surface area (Å²) in [4.78, 5) is 16.2. The Kier molecular flexibility index (Phi) is 3.12. The third kappa shape index (κ3) is 2.23. The lowest BCUT2D eigenvalue weighted by atomic mass is 10.2. The first-order chi connectivity index (χ1) is 9.75. The highest BCUT2D eigenvalue weighted by Gasteiger charge is 2.15. The van der Waals surface area contributed by atoms with E-state index in [9.17, 15) is 9.18 Å². The number of carbonyl (C=O) groups is 1. The van der Waals surface area contributed by atoms with Gasteiger partial charge in [-0.15, -0.1) is 0 Å². The van der Waals surface area contributed by atoms with Crippen LogP contribution in [0.5, 0.6) is 0 Å². The highest BCUT2D eigenvalue weighted by Crippen LogP contribution is 2.18. The molecule has 0 fully saturated rings. The summed E-state index contributed by atoms with van der Waals surface area (Å²) in [5, 5.41) is 9.57. The largest absolute Gasteiger partial charge is 0.345 e. The van der Waals surface area contributed by atoms with Gasteiger partial charge in [-0.1, -0.05) is 18.2 Å². The lowest BCUT2D eigenvalue weighted by molar-refractivity contribution is 0.0947. The molecule has 3 rings (SSSR count). The molecule has 0 atom stereocenters. The highest BCUT2D eigenvalue weighted by molar-refractivity contribution is 6.04. The number of aromatic amines is 1. The molecule has 0 spiro atoms. The van der Waals surface area contributed by atoms with Crippen LogP contribution in [0.1, 0.15) is 16.2 Å². The SMILES string of the molecule is O=C(NCc1ccccn1)c1[nH]nc2c(F)cccc12. The fourth-order valence-corrected chi connectivity index (χ4v) is 1.94. The molecular weight excluding hydrogens is 259 g/mol. The van der Waals surface area contributed by atoms with E-state index >= 15 is 0 Å². The van der Waals surface area contributed by atoms with Gasteiger partial charge in [-0.2, -0.15) is 5.10 Å². The topological polar surface area (TPSA) is 70.7 Å². The second kappa shape index (κ2) is 5.08. The van der Waals surface area contributed by atoms with Gasteiger partial charge in [0.1, 0.15) is 11.2 Å². The number of amides is 1. The lowest BCUT2D eigenvalue weighted by Crippen LogP contribution is -2.23. The van der Waals surface area contributed by atoms with E-state index in [4.69, 9.17) is 0 Å². The summed E-state index contributed by atoms with van der Waals surface area (Å²) < 4.78 is 13.5. The number of para-hydroxylation sites is 1. The van der Waals surface area contributed by atoms with Crippen molar-refractivity contribution in [1.29, 1.82) is 0 Å². The second-order valence-electron chi connectivity index (χ2n) is 4.24. The zero-order valence-electron chi connectivity index (χ0n) is 10.4. The van der Waals surface area contributed by atoms with Crippen molar-refractivity contribution in [1.82, 2.24) is 20.5 Å². The van der Waals surface area contributed by atoms with Crippen LogP contribution in [0, 0.1) is 5.82 Å². The van der Waals surface area contributed by atoms with Crippen molar-refractivity contribution in [2.24, 2.45) is 0 Å². The Morgan fingerprint density at radius 1 is 1.25 bits per heavy atom. The van der Waals surface area contributed by atoms with Crippen molar-refractivity contribution < 1.29 is 9.18 Å². The second-order valence-corrected chi connectivity index (χ2v) is 4.24. The molecule has 2 heterocycles. The Labute approximate surface area is 113 Å². The number of aromatic nitrogens is 3. The number of fused-ring (bicyclic) bond motifs is 1. The molecule has 0 saturated heterocycles. The molecule has 0 radical (unpaired) electrons. The van der Waals surface area contributed by atoms with E-state index in [-0.39, 0.29) is 17.1 Å². The van der Waals surface area contributed by atoms with Crippen molar-refractivity contribution in [3.05, 3.63) is 59.8 Å². The zero-order chi connectivity index (χ0) is 13.9. The quantitative estimate of drug-likeness (QED) is 0.765. The molecule has 20 heavy (non-hydrogen) atoms. The molecule has 100 valence electrons. The fraction of sp³-hybridized carbons (Fsp3) is 0.0714. The minimum absolute atomic E-state index is 0.162. The van der Waals surface area contributed by atoms with Gasteiger partial charge in [-0.3, -0.25) is 14.9 Å². The van der Waals surface area contributed by atoms with Crippen molar-refractivity contribution in [3.8, 4) is 0 Å². The summed E-state index contributed by atoms with van der Waals surface area (Å²) >= 11 is 0. The van der Waals surface area contributed by atoms with Crippen LogP contribution in [0.2, 0.25) is 0 Å². The van der Waals surface area contributed by atoms with E-state index in [1.165, 1.54) is 6.07 Å². The number of halogens is 1. The lowest BCUT2D eigenvalue weighted by Gasteiger charge is -2.03. The Balaban J connectivity index is 1.81. The summed E-state index contributed by atoms with van der Waals surface area (Å²) in [7, 11) is 0. The first-order valence-electron chi connectivity index (χ1n) is 6.06. The molecule has 0 bridgehead atoms. The van der Waals surface area contributed by atoms with E-state index < -0.39 is 5.82 Å². The smallest absolute Gasteiger partial charge is 0.270 e. The molecule has 1 aromatic carbocycles. The van der Waals surface area contributed by atoms with Crippen LogP contribution >= 0.6 is 0 Å². The van der Waals surface area contributed by atoms with Gasteiger partial charge in [-0.05, 0) is 18.2 Å². The van der Waals surface area contributed by atoms with Gasteiger partial charge >= 0.3 is 0 Å². The first kappa shape index (κ1) is 12.3. The molecule has 6 heteroatoms. The average molecular weight is 270 g/mol. The van der Waals surface area contributed by atoms with Crippen LogP contribution in [0.15, 0.2) is 42.6 Å². The molecule has 0 saturated carbocycles. The molecule has 5 nitrogen and oxygen atoms in total. The van der Waals surface area contributed by atoms with E-state index in [1.54, 1.807) is 24.4 Å². The van der Waals surface area contributed by atoms with Gasteiger partial charge in [0.2, 0.25) is 0 Å². The molecule has 2 N–H and O–H groups in total. The van der Waals surface area contributed by atoms with E-state index in [0.29, 0.717) is 11.9 Å². The molecule has 2 aromatic heterocycles. The number of benzene rings is 1. The predicted molar refractivity (Wildman–Crippen MR) is 71.5 cm³/mol. The number of rotatable bonds is 3. The fourth-order valence-electron chi connectivity index (χ4n) is 1.94. The normalized spacial score (nSPS) is 10.7. The number of hydrogen-bond acceptors (Lipinski definition) is 3. The molecular formula is C14H11FN4O. The minimum atomic E-state index is -0.456. The van der Waals surface area contributed by atoms with Crippen LogP contribution in [0.3, 0.4) is 0 Å². The van der Waals surface area contributed by atoms with E-state index in [2.05, 4.69) is 20.5 Å². The van der Waals surface area contributed by atoms with Gasteiger partial charge in [0.05, 0.1) is 12.2 Å². The molecule has 0 aliphatic heterocycles. The first-order valence-corrected chi connectivity index (χ1v) is 6.06. The van der Waals surface area contributed by atoms with Gasteiger partial charge < -0.3 is 5.32 Å². The molecule has 0 unspecified atom stereocenters. The predicted octanol–water partition coefficient (Wildman–Crippen LogP) is 2.03. The van der Waals surface area contributed by atoms with Gasteiger partial charge in [-0.25, -0.2) is 4.39 Å². The third-order valence-electron chi connectivity index (χ3n) is 2.92. The maximum atomic E-state index is 13.5. The van der Waals surface area contributed by atoms with E-state index in [1.807, 2.05) is 12.1 Å². The van der Waals surface area contributed by atoms with Crippen LogP contribution in [0.25, 0.3) is 10.9 Å². The van der Waals surface area contributed by atoms with Crippen LogP contribution in [-0.2, 0) is 6.54 Å². The van der Waals surface area contributed by atoms with Crippen LogP contribution in [-0.4, -0.2) is 21.1 Å². The Morgan fingerprint density at radius 2 is 2.15 bits per heavy atom. The minimum Gasteiger partial charge on any atom is -0.345 e. The van der Waals surface area contributed by atoms with Crippen molar-refractivity contribution in [2.45, 2.75) is 6.54 Å². The zero-order valence-corrected chi connectivity index (χ0v) is 10.4. The van der Waals surface area contributed by atoms with Gasteiger partial charge in [0.15, 0.2) is 5.82 Å². The van der Waals surface area contributed by atoms with Crippen molar-refractivity contribution in [2.75, 3.05) is 0 Å². The number of nitrogens with zero attached hydrogens (tertiary/aromatic N) is 2. The third-order valence-corrected chi connectivity index (χ3v) is 2.92. The number of H-pyrrole nitrogens is 1. The maximum Gasteiger partial charge on any atom is 0.270 e. The van der Waals surface area contributed by atoms with Crippen LogP contribution in [0.4, 0.5) is 4.39 Å². The summed E-state index contributed by atoms with van der Waals surface area (Å²) in [6.07, 6.45) is 1.66. The Bertz CT molecular complexity index is 754. The average Bonchev–Trinajstić information content (AvgIpc) is 2.91. The standard InChI is InChI=1S/C14H11FN4O/c15-11-6-3-5-10-12(11)18-19-13(10)14(20)17-8-9-4-1-2-7-16-9/h1-7H,8H2,(H,17,20)(H,18,19). The number of nitrogens with one attached hydrogen (secondary N) is 2. The van der Waals surface area contributed by atoms with E-state index in [0.717, 1.165) is 5.69 Å². The summed E-state index contributed by atoms with van der Waals surface area (Å²) in [5.41, 5.74) is 1.15. The summed E-state index contributed by atoms with van der Waals surface area (Å²) in [6, 6.07) is 9.95. The highest BCUT2D eigenvalue weighted by atomic mass is 19.1. The Morgan fingerprint density at radius 3 is 2.95 bits per heavy atom. The maximum absolute atomic E-state index is 13.5. The van der Waals surface area contributed by atoms with Crippen molar-refractivity contribution in [3.63, 3.8) is 0 Å². The number of carbonyl (C=O) groups excluding carboxylic acids is 1. The Hall–Kier alpha value is -2.76. The monoisotopic (exact) mass is 270 g/mol. The number of hydrogen-bond donors (Lipinski definition) is 2. The molecule has 0 aliphatic carbocycles. The molecule has 3 aromatic rings.